The number of rotatable bonds is 8. The summed E-state index contributed by atoms with van der Waals surface area (Å²) in [6.45, 7) is 2.25. The zero-order valence-electron chi connectivity index (χ0n) is 13.9. The van der Waals surface area contributed by atoms with Crippen LogP contribution in [0.2, 0.25) is 10.0 Å². The van der Waals surface area contributed by atoms with Crippen LogP contribution in [-0.4, -0.2) is 4.98 Å². The third kappa shape index (κ3) is 3.66. The molecule has 0 radical (unpaired) electrons. The highest BCUT2D eigenvalue weighted by atomic mass is 35.5. The lowest BCUT2D eigenvalue weighted by atomic mass is 9.98. The molecule has 1 aromatic heterocycles. The Morgan fingerprint density at radius 1 is 1.08 bits per heavy atom. The Balaban J connectivity index is 1.73. The smallest absolute Gasteiger partial charge is 0.153 e. The predicted octanol–water partition coefficient (Wildman–Crippen LogP) is 6.89. The highest BCUT2D eigenvalue weighted by Crippen LogP contribution is 2.47. The summed E-state index contributed by atoms with van der Waals surface area (Å²) in [5.41, 5.74) is 4.37. The van der Waals surface area contributed by atoms with Crippen molar-refractivity contribution in [3.8, 4) is 0 Å². The van der Waals surface area contributed by atoms with Gasteiger partial charge in [0.05, 0.1) is 32.6 Å². The van der Waals surface area contributed by atoms with Gasteiger partial charge in [-0.1, -0.05) is 62.2 Å². The van der Waals surface area contributed by atoms with Gasteiger partial charge in [-0.3, -0.25) is 0 Å². The first-order valence-corrected chi connectivity index (χ1v) is 10.3. The molecule has 1 aromatic carbocycles. The van der Waals surface area contributed by atoms with Gasteiger partial charge in [-0.25, -0.2) is 4.98 Å². The molecule has 0 saturated carbocycles. The van der Waals surface area contributed by atoms with Gasteiger partial charge in [0.15, 0.2) is 5.66 Å². The average Bonchev–Trinajstić information content (AvgIpc) is 3.23. The third-order valence-corrected chi connectivity index (χ3v) is 5.95. The molecule has 3 rings (SSSR count). The van der Waals surface area contributed by atoms with Crippen molar-refractivity contribution < 1.29 is 0 Å². The summed E-state index contributed by atoms with van der Waals surface area (Å²) in [7, 11) is 0. The number of thiazole rings is 1. The van der Waals surface area contributed by atoms with Gasteiger partial charge in [0, 0.05) is 5.38 Å². The minimum atomic E-state index is -0.387. The Hall–Kier alpha value is -0.970. The van der Waals surface area contributed by atoms with E-state index in [0.717, 1.165) is 29.9 Å². The van der Waals surface area contributed by atoms with Crippen LogP contribution < -0.4 is 10.6 Å². The average molecular weight is 384 g/mol. The number of aromatic nitrogens is 1. The Morgan fingerprint density at radius 3 is 2.62 bits per heavy atom. The maximum absolute atomic E-state index is 6.39. The zero-order chi connectivity index (χ0) is 17.0. The first kappa shape index (κ1) is 17.8. The Kier molecular flexibility index (Phi) is 5.90. The predicted molar refractivity (Wildman–Crippen MR) is 105 cm³/mol. The lowest BCUT2D eigenvalue weighted by Gasteiger charge is -2.29. The molecule has 3 nitrogen and oxygen atoms in total. The molecular formula is C18H23Cl2N3S. The van der Waals surface area contributed by atoms with Crippen LogP contribution in [0.5, 0.6) is 0 Å². The maximum Gasteiger partial charge on any atom is 0.153 e. The normalized spacial score (nSPS) is 19.0. The van der Waals surface area contributed by atoms with Crippen molar-refractivity contribution in [1.29, 1.82) is 0 Å². The molecule has 0 spiro atoms. The number of fused-ring (bicyclic) bond motifs is 1. The molecule has 2 aromatic rings. The van der Waals surface area contributed by atoms with E-state index in [-0.39, 0.29) is 5.66 Å². The fourth-order valence-electron chi connectivity index (χ4n) is 3.23. The molecule has 0 aliphatic carbocycles. The Labute approximate surface area is 157 Å². The van der Waals surface area contributed by atoms with Crippen molar-refractivity contribution in [1.82, 2.24) is 4.98 Å². The zero-order valence-corrected chi connectivity index (χ0v) is 16.2. The number of unbranched alkanes of at least 4 members (excludes halogenated alkanes) is 5. The van der Waals surface area contributed by atoms with Crippen molar-refractivity contribution in [3.63, 3.8) is 0 Å². The van der Waals surface area contributed by atoms with Crippen molar-refractivity contribution in [2.75, 3.05) is 10.6 Å². The molecule has 24 heavy (non-hydrogen) atoms. The second-order valence-electron chi connectivity index (χ2n) is 6.33. The minimum Gasteiger partial charge on any atom is -0.356 e. The largest absolute Gasteiger partial charge is 0.356 e. The topological polar surface area (TPSA) is 37.0 Å². The quantitative estimate of drug-likeness (QED) is 0.487. The SMILES string of the molecule is CCCCCCCCC1(c2cscn2)Nc2ccc(Cl)c(Cl)c2N1. The lowest BCUT2D eigenvalue weighted by Crippen LogP contribution is -2.39. The Morgan fingerprint density at radius 2 is 1.88 bits per heavy atom. The summed E-state index contributed by atoms with van der Waals surface area (Å²) in [6.07, 6.45) is 8.56. The Bertz CT molecular complexity index is 675. The molecular weight excluding hydrogens is 361 g/mol. The van der Waals surface area contributed by atoms with Gasteiger partial charge in [0.1, 0.15) is 0 Å². The highest BCUT2D eigenvalue weighted by Gasteiger charge is 2.40. The van der Waals surface area contributed by atoms with Crippen LogP contribution in [0.1, 0.15) is 57.6 Å². The number of anilines is 2. The molecule has 130 valence electrons. The van der Waals surface area contributed by atoms with Crippen molar-refractivity contribution in [2.45, 2.75) is 57.5 Å². The van der Waals surface area contributed by atoms with Gasteiger partial charge in [-0.05, 0) is 25.0 Å². The number of nitrogens with zero attached hydrogens (tertiary/aromatic N) is 1. The second-order valence-corrected chi connectivity index (χ2v) is 7.83. The maximum atomic E-state index is 6.39. The molecule has 2 N–H and O–H groups in total. The second kappa shape index (κ2) is 7.94. The van der Waals surface area contributed by atoms with E-state index in [1.54, 1.807) is 11.3 Å². The standard InChI is InChI=1S/C18H23Cl2N3S/c1-2-3-4-5-6-7-10-18(15-11-24-12-21-15)22-14-9-8-13(19)16(20)17(14)23-18/h8-9,11-12,22-23H,2-7,10H2,1H3. The first-order chi connectivity index (χ1) is 11.7. The molecule has 1 aliphatic rings. The number of hydrogen-bond donors (Lipinski definition) is 2. The number of benzene rings is 1. The molecule has 6 heteroatoms. The van der Waals surface area contributed by atoms with Gasteiger partial charge in [0.25, 0.3) is 0 Å². The van der Waals surface area contributed by atoms with E-state index in [1.807, 2.05) is 17.6 Å². The summed E-state index contributed by atoms with van der Waals surface area (Å²) in [6, 6.07) is 3.81. The molecule has 2 heterocycles. The van der Waals surface area contributed by atoms with E-state index in [2.05, 4.69) is 27.9 Å². The van der Waals surface area contributed by atoms with Crippen molar-refractivity contribution in [2.24, 2.45) is 0 Å². The summed E-state index contributed by atoms with van der Waals surface area (Å²) in [4.78, 5) is 4.55. The van der Waals surface area contributed by atoms with Gasteiger partial charge < -0.3 is 10.6 Å². The first-order valence-electron chi connectivity index (χ1n) is 8.59. The van der Waals surface area contributed by atoms with Gasteiger partial charge in [-0.15, -0.1) is 11.3 Å². The van der Waals surface area contributed by atoms with Crippen LogP contribution in [0.3, 0.4) is 0 Å². The number of halogens is 2. The van der Waals surface area contributed by atoms with Crippen LogP contribution in [0.15, 0.2) is 23.0 Å². The molecule has 1 aliphatic heterocycles. The summed E-state index contributed by atoms with van der Waals surface area (Å²) in [5.74, 6) is 0. The van der Waals surface area contributed by atoms with Crippen LogP contribution in [0, 0.1) is 0 Å². The van der Waals surface area contributed by atoms with Crippen molar-refractivity contribution in [3.05, 3.63) is 38.8 Å². The van der Waals surface area contributed by atoms with Crippen LogP contribution in [0.4, 0.5) is 11.4 Å². The molecule has 1 unspecified atom stereocenters. The lowest BCUT2D eigenvalue weighted by molar-refractivity contribution is 0.468. The summed E-state index contributed by atoms with van der Waals surface area (Å²) < 4.78 is 0. The van der Waals surface area contributed by atoms with E-state index in [1.165, 1.54) is 32.1 Å². The van der Waals surface area contributed by atoms with E-state index in [4.69, 9.17) is 23.2 Å². The van der Waals surface area contributed by atoms with E-state index in [0.29, 0.717) is 10.0 Å². The van der Waals surface area contributed by atoms with Crippen LogP contribution in [0.25, 0.3) is 0 Å². The van der Waals surface area contributed by atoms with Crippen LogP contribution >= 0.6 is 34.5 Å². The number of nitrogens with one attached hydrogen (secondary N) is 2. The fraction of sp³-hybridized carbons (Fsp3) is 0.500. The van der Waals surface area contributed by atoms with Crippen LogP contribution in [-0.2, 0) is 5.66 Å². The summed E-state index contributed by atoms with van der Waals surface area (Å²) >= 11 is 14.2. The third-order valence-electron chi connectivity index (χ3n) is 4.56. The van der Waals surface area contributed by atoms with E-state index < -0.39 is 0 Å². The molecule has 0 saturated heterocycles. The molecule has 0 bridgehead atoms. The molecule has 1 atom stereocenters. The monoisotopic (exact) mass is 383 g/mol. The molecule has 0 amide bonds. The fourth-order valence-corrected chi connectivity index (χ4v) is 4.22. The van der Waals surface area contributed by atoms with Gasteiger partial charge >= 0.3 is 0 Å². The minimum absolute atomic E-state index is 0.387. The molecule has 0 fully saturated rings. The van der Waals surface area contributed by atoms with Gasteiger partial charge in [0.2, 0.25) is 0 Å². The number of hydrogen-bond acceptors (Lipinski definition) is 4. The summed E-state index contributed by atoms with van der Waals surface area (Å²) in [5, 5.41) is 10.4. The van der Waals surface area contributed by atoms with E-state index in [9.17, 15) is 0 Å². The highest BCUT2D eigenvalue weighted by molar-refractivity contribution is 7.07. The van der Waals surface area contributed by atoms with Gasteiger partial charge in [-0.2, -0.15) is 0 Å². The van der Waals surface area contributed by atoms with Crippen molar-refractivity contribution >= 4 is 45.9 Å². The van der Waals surface area contributed by atoms with E-state index >= 15 is 0 Å².